The van der Waals surface area contributed by atoms with Gasteiger partial charge in [-0.1, -0.05) is 24.3 Å². The molecule has 0 aliphatic carbocycles. The molecule has 1 aromatic heterocycles. The first-order chi connectivity index (χ1) is 15.6. The minimum Gasteiger partial charge on any atom is -0.497 e. The molecule has 0 unspecified atom stereocenters. The number of piperidine rings is 1. The fourth-order valence-corrected chi connectivity index (χ4v) is 3.86. The zero-order valence-corrected chi connectivity index (χ0v) is 18.0. The van der Waals surface area contributed by atoms with Gasteiger partial charge in [0.2, 0.25) is 5.91 Å². The molecule has 1 fully saturated rings. The van der Waals surface area contributed by atoms with Crippen LogP contribution in [-0.2, 0) is 11.3 Å². The lowest BCUT2D eigenvalue weighted by molar-refractivity contribution is -0.126. The molecule has 2 amide bonds. The second kappa shape index (κ2) is 10.0. The van der Waals surface area contributed by atoms with Crippen LogP contribution in [0.3, 0.4) is 0 Å². The van der Waals surface area contributed by atoms with E-state index in [1.165, 1.54) is 6.33 Å². The fourth-order valence-electron chi connectivity index (χ4n) is 3.86. The van der Waals surface area contributed by atoms with E-state index in [0.29, 0.717) is 38.0 Å². The largest absolute Gasteiger partial charge is 0.497 e. The van der Waals surface area contributed by atoms with Gasteiger partial charge in [0.15, 0.2) is 0 Å². The average Bonchev–Trinajstić information content (AvgIpc) is 2.88. The molecule has 4 rings (SSSR count). The Kier molecular flexibility index (Phi) is 6.75. The minimum atomic E-state index is -0.0715. The Labute approximate surface area is 187 Å². The number of methoxy groups -OCH3 is 1. The van der Waals surface area contributed by atoms with Crippen LogP contribution in [0.15, 0.2) is 67.3 Å². The van der Waals surface area contributed by atoms with Gasteiger partial charge >= 0.3 is 0 Å². The van der Waals surface area contributed by atoms with Crippen LogP contribution >= 0.6 is 0 Å². The molecule has 0 atom stereocenters. The number of carbonyl (C=O) groups excluding carboxylic acids is 2. The van der Waals surface area contributed by atoms with Crippen molar-refractivity contribution >= 4 is 11.8 Å². The van der Waals surface area contributed by atoms with Crippen molar-refractivity contribution in [1.82, 2.24) is 20.2 Å². The minimum absolute atomic E-state index is 0.00190. The molecule has 0 spiro atoms. The maximum absolute atomic E-state index is 12.9. The summed E-state index contributed by atoms with van der Waals surface area (Å²) in [6.07, 6.45) is 6.31. The fraction of sp³-hybridized carbons (Fsp3) is 0.280. The highest BCUT2D eigenvalue weighted by Gasteiger charge is 2.27. The van der Waals surface area contributed by atoms with Crippen molar-refractivity contribution in [2.75, 3.05) is 20.2 Å². The predicted molar refractivity (Wildman–Crippen MR) is 121 cm³/mol. The molecule has 1 aliphatic rings. The summed E-state index contributed by atoms with van der Waals surface area (Å²) in [5.41, 5.74) is 3.55. The summed E-state index contributed by atoms with van der Waals surface area (Å²) in [6.45, 7) is 1.64. The molecule has 164 valence electrons. The summed E-state index contributed by atoms with van der Waals surface area (Å²) < 4.78 is 5.15. The number of nitrogens with one attached hydrogen (secondary N) is 1. The van der Waals surface area contributed by atoms with E-state index >= 15 is 0 Å². The van der Waals surface area contributed by atoms with E-state index in [1.807, 2.05) is 53.4 Å². The Morgan fingerprint density at radius 2 is 1.62 bits per heavy atom. The van der Waals surface area contributed by atoms with Gasteiger partial charge in [0, 0.05) is 49.1 Å². The van der Waals surface area contributed by atoms with Crippen molar-refractivity contribution in [2.45, 2.75) is 19.4 Å². The third-order valence-corrected chi connectivity index (χ3v) is 5.80. The van der Waals surface area contributed by atoms with Crippen LogP contribution in [0.1, 0.15) is 28.8 Å². The second-order valence-electron chi connectivity index (χ2n) is 7.84. The van der Waals surface area contributed by atoms with Gasteiger partial charge in [-0.25, -0.2) is 9.97 Å². The second-order valence-corrected chi connectivity index (χ2v) is 7.84. The number of hydrogen-bond acceptors (Lipinski definition) is 5. The van der Waals surface area contributed by atoms with Gasteiger partial charge in [-0.3, -0.25) is 9.59 Å². The number of likely N-dealkylation sites (tertiary alicyclic amines) is 1. The molecule has 1 aliphatic heterocycles. The van der Waals surface area contributed by atoms with Crippen molar-refractivity contribution < 1.29 is 14.3 Å². The number of nitrogens with zero attached hydrogens (tertiary/aromatic N) is 3. The van der Waals surface area contributed by atoms with E-state index in [-0.39, 0.29) is 17.7 Å². The van der Waals surface area contributed by atoms with Crippen molar-refractivity contribution in [1.29, 1.82) is 0 Å². The van der Waals surface area contributed by atoms with E-state index in [2.05, 4.69) is 15.3 Å². The van der Waals surface area contributed by atoms with Gasteiger partial charge < -0.3 is 15.0 Å². The summed E-state index contributed by atoms with van der Waals surface area (Å²) in [5.74, 6) is 0.763. The van der Waals surface area contributed by atoms with Crippen LogP contribution < -0.4 is 10.1 Å². The van der Waals surface area contributed by atoms with E-state index in [9.17, 15) is 9.59 Å². The topological polar surface area (TPSA) is 84.4 Å². The molecule has 32 heavy (non-hydrogen) atoms. The van der Waals surface area contributed by atoms with Gasteiger partial charge in [0.1, 0.15) is 12.1 Å². The summed E-state index contributed by atoms with van der Waals surface area (Å²) >= 11 is 0. The Morgan fingerprint density at radius 1 is 0.969 bits per heavy atom. The Bertz CT molecular complexity index is 1040. The number of rotatable bonds is 6. The van der Waals surface area contributed by atoms with Crippen LogP contribution in [0.4, 0.5) is 0 Å². The van der Waals surface area contributed by atoms with Gasteiger partial charge in [0.05, 0.1) is 7.11 Å². The molecule has 2 aromatic carbocycles. The zero-order valence-electron chi connectivity index (χ0n) is 18.0. The van der Waals surface area contributed by atoms with Crippen LogP contribution in [0, 0.1) is 5.92 Å². The predicted octanol–water partition coefficient (Wildman–Crippen LogP) is 3.32. The van der Waals surface area contributed by atoms with Crippen LogP contribution in [0.25, 0.3) is 11.1 Å². The summed E-state index contributed by atoms with van der Waals surface area (Å²) in [5, 5.41) is 3.01. The number of hydrogen-bond donors (Lipinski definition) is 1. The molecule has 7 nitrogen and oxygen atoms in total. The van der Waals surface area contributed by atoms with E-state index in [1.54, 1.807) is 19.5 Å². The standard InChI is InChI=1S/C25H26N4O3/c1-32-23-8-2-18(3-9-23)14-28-24(30)20-10-12-29(13-11-20)25(31)21-6-4-19(5-7-21)22-15-26-17-27-16-22/h2-9,15-17,20H,10-14H2,1H3,(H,28,30). The maximum Gasteiger partial charge on any atom is 0.253 e. The monoisotopic (exact) mass is 430 g/mol. The summed E-state index contributed by atoms with van der Waals surface area (Å²) in [7, 11) is 1.63. The highest BCUT2D eigenvalue weighted by molar-refractivity contribution is 5.95. The lowest BCUT2D eigenvalue weighted by Gasteiger charge is -2.31. The SMILES string of the molecule is COc1ccc(CNC(=O)C2CCN(C(=O)c3ccc(-c4cncnc4)cc3)CC2)cc1. The molecular weight excluding hydrogens is 404 g/mol. The first kappa shape index (κ1) is 21.5. The number of ether oxygens (including phenoxy) is 1. The lowest BCUT2D eigenvalue weighted by Crippen LogP contribution is -2.42. The zero-order chi connectivity index (χ0) is 22.3. The van der Waals surface area contributed by atoms with Crippen LogP contribution in [0.2, 0.25) is 0 Å². The number of carbonyl (C=O) groups is 2. The summed E-state index contributed by atoms with van der Waals surface area (Å²) in [6, 6.07) is 15.1. The molecule has 1 saturated heterocycles. The lowest BCUT2D eigenvalue weighted by atomic mass is 9.95. The van der Waals surface area contributed by atoms with E-state index < -0.39 is 0 Å². The first-order valence-electron chi connectivity index (χ1n) is 10.7. The molecule has 3 aromatic rings. The smallest absolute Gasteiger partial charge is 0.253 e. The van der Waals surface area contributed by atoms with Crippen molar-refractivity contribution in [2.24, 2.45) is 5.92 Å². The highest BCUT2D eigenvalue weighted by Crippen LogP contribution is 2.22. The Morgan fingerprint density at radius 3 is 2.25 bits per heavy atom. The van der Waals surface area contributed by atoms with Gasteiger partial charge in [0.25, 0.3) is 5.91 Å². The highest BCUT2D eigenvalue weighted by atomic mass is 16.5. The molecule has 0 bridgehead atoms. The molecule has 0 radical (unpaired) electrons. The molecular formula is C25H26N4O3. The van der Waals surface area contributed by atoms with E-state index in [4.69, 9.17) is 4.74 Å². The van der Waals surface area contributed by atoms with E-state index in [0.717, 1.165) is 22.4 Å². The van der Waals surface area contributed by atoms with Crippen LogP contribution in [0.5, 0.6) is 5.75 Å². The Hall–Kier alpha value is -3.74. The number of benzene rings is 2. The van der Waals surface area contributed by atoms with Crippen LogP contribution in [-0.4, -0.2) is 46.9 Å². The van der Waals surface area contributed by atoms with Gasteiger partial charge in [-0.05, 0) is 48.2 Å². The summed E-state index contributed by atoms with van der Waals surface area (Å²) in [4.78, 5) is 35.3. The third kappa shape index (κ3) is 5.11. The molecule has 2 heterocycles. The number of amides is 2. The first-order valence-corrected chi connectivity index (χ1v) is 10.7. The molecule has 1 N–H and O–H groups in total. The molecule has 7 heteroatoms. The quantitative estimate of drug-likeness (QED) is 0.649. The normalized spacial score (nSPS) is 14.1. The Balaban J connectivity index is 1.27. The van der Waals surface area contributed by atoms with Gasteiger partial charge in [-0.15, -0.1) is 0 Å². The van der Waals surface area contributed by atoms with Crippen molar-refractivity contribution in [3.05, 3.63) is 78.4 Å². The number of aromatic nitrogens is 2. The molecule has 0 saturated carbocycles. The third-order valence-electron chi connectivity index (χ3n) is 5.80. The van der Waals surface area contributed by atoms with Gasteiger partial charge in [-0.2, -0.15) is 0 Å². The maximum atomic E-state index is 12.9. The van der Waals surface area contributed by atoms with Crippen molar-refractivity contribution in [3.8, 4) is 16.9 Å². The van der Waals surface area contributed by atoms with Crippen molar-refractivity contribution in [3.63, 3.8) is 0 Å². The average molecular weight is 431 g/mol.